The van der Waals surface area contributed by atoms with Crippen LogP contribution in [0.5, 0.6) is 5.75 Å². The molecule has 0 fully saturated rings. The molecule has 0 bridgehead atoms. The van der Waals surface area contributed by atoms with E-state index in [0.717, 1.165) is 4.47 Å². The van der Waals surface area contributed by atoms with Crippen molar-refractivity contribution < 1.29 is 13.2 Å². The first-order chi connectivity index (χ1) is 6.88. The van der Waals surface area contributed by atoms with Crippen LogP contribution < -0.4 is 9.88 Å². The standard InChI is InChI=1S/C8H9BrClNO3S/c9-6-1-2-7(10)8(5-6)14-3-4-15(11,12)13/h1-2,5H,3-4H2,(H2,11,12,13). The number of sulfonamides is 1. The molecule has 0 aromatic heterocycles. The van der Waals surface area contributed by atoms with Gasteiger partial charge >= 0.3 is 0 Å². The van der Waals surface area contributed by atoms with Crippen LogP contribution in [-0.2, 0) is 10.0 Å². The number of benzene rings is 1. The number of hydrogen-bond acceptors (Lipinski definition) is 3. The van der Waals surface area contributed by atoms with E-state index in [9.17, 15) is 8.42 Å². The molecule has 1 aromatic carbocycles. The van der Waals surface area contributed by atoms with Gasteiger partial charge in [0.2, 0.25) is 10.0 Å². The number of rotatable bonds is 4. The van der Waals surface area contributed by atoms with Crippen molar-refractivity contribution in [2.75, 3.05) is 12.4 Å². The van der Waals surface area contributed by atoms with E-state index in [1.165, 1.54) is 0 Å². The Hall–Kier alpha value is -0.300. The molecule has 1 aromatic rings. The molecule has 0 saturated carbocycles. The van der Waals surface area contributed by atoms with Crippen molar-refractivity contribution in [3.63, 3.8) is 0 Å². The molecule has 84 valence electrons. The molecular weight excluding hydrogens is 306 g/mol. The fraction of sp³-hybridized carbons (Fsp3) is 0.250. The van der Waals surface area contributed by atoms with Crippen molar-refractivity contribution in [2.24, 2.45) is 5.14 Å². The third-order valence-corrected chi connectivity index (χ3v) is 3.06. The van der Waals surface area contributed by atoms with Gasteiger partial charge in [0.25, 0.3) is 0 Å². The molecule has 0 amide bonds. The maximum absolute atomic E-state index is 10.6. The Bertz CT molecular complexity index is 449. The quantitative estimate of drug-likeness (QED) is 0.921. The summed E-state index contributed by atoms with van der Waals surface area (Å²) in [4.78, 5) is 0. The van der Waals surface area contributed by atoms with Crippen molar-refractivity contribution in [1.29, 1.82) is 0 Å². The zero-order valence-electron chi connectivity index (χ0n) is 7.61. The average molecular weight is 315 g/mol. The monoisotopic (exact) mass is 313 g/mol. The summed E-state index contributed by atoms with van der Waals surface area (Å²) in [5.41, 5.74) is 0. The highest BCUT2D eigenvalue weighted by atomic mass is 79.9. The van der Waals surface area contributed by atoms with Crippen molar-refractivity contribution in [3.05, 3.63) is 27.7 Å². The van der Waals surface area contributed by atoms with E-state index in [0.29, 0.717) is 10.8 Å². The van der Waals surface area contributed by atoms with E-state index in [2.05, 4.69) is 15.9 Å². The molecule has 0 spiro atoms. The first-order valence-electron chi connectivity index (χ1n) is 3.97. The number of ether oxygens (including phenoxy) is 1. The van der Waals surface area contributed by atoms with Crippen LogP contribution in [0.3, 0.4) is 0 Å². The molecule has 0 heterocycles. The van der Waals surface area contributed by atoms with E-state index >= 15 is 0 Å². The highest BCUT2D eigenvalue weighted by molar-refractivity contribution is 9.10. The fourth-order valence-electron chi connectivity index (χ4n) is 0.856. The molecular formula is C8H9BrClNO3S. The summed E-state index contributed by atoms with van der Waals surface area (Å²) in [6.07, 6.45) is 0. The minimum absolute atomic E-state index is 0.0188. The summed E-state index contributed by atoms with van der Waals surface area (Å²) in [6, 6.07) is 5.07. The number of hydrogen-bond donors (Lipinski definition) is 1. The maximum atomic E-state index is 10.6. The number of halogens is 2. The van der Waals surface area contributed by atoms with Crippen molar-refractivity contribution in [1.82, 2.24) is 0 Å². The predicted molar refractivity (Wildman–Crippen MR) is 62.6 cm³/mol. The lowest BCUT2D eigenvalue weighted by Crippen LogP contribution is -2.21. The Labute approximate surface area is 102 Å². The van der Waals surface area contributed by atoms with E-state index < -0.39 is 10.0 Å². The molecule has 0 aliphatic rings. The van der Waals surface area contributed by atoms with E-state index in [1.807, 2.05) is 0 Å². The van der Waals surface area contributed by atoms with Crippen LogP contribution in [0.25, 0.3) is 0 Å². The third-order valence-electron chi connectivity index (χ3n) is 1.52. The molecule has 0 aliphatic heterocycles. The van der Waals surface area contributed by atoms with E-state index in [4.69, 9.17) is 21.5 Å². The van der Waals surface area contributed by atoms with E-state index in [-0.39, 0.29) is 12.4 Å². The smallest absolute Gasteiger partial charge is 0.212 e. The van der Waals surface area contributed by atoms with Crippen LogP contribution in [0, 0.1) is 0 Å². The second kappa shape index (κ2) is 5.16. The van der Waals surface area contributed by atoms with Gasteiger partial charge in [0.1, 0.15) is 12.4 Å². The van der Waals surface area contributed by atoms with Crippen molar-refractivity contribution >= 4 is 37.6 Å². The molecule has 0 aliphatic carbocycles. The second-order valence-electron chi connectivity index (χ2n) is 2.79. The Kier molecular flexibility index (Phi) is 4.39. The van der Waals surface area contributed by atoms with Crippen LogP contribution in [0.2, 0.25) is 5.02 Å². The Morgan fingerprint density at radius 1 is 1.47 bits per heavy atom. The Balaban J connectivity index is 2.61. The molecule has 2 N–H and O–H groups in total. The highest BCUT2D eigenvalue weighted by Crippen LogP contribution is 2.27. The SMILES string of the molecule is NS(=O)(=O)CCOc1cc(Br)ccc1Cl. The molecule has 0 radical (unpaired) electrons. The molecule has 0 atom stereocenters. The summed E-state index contributed by atoms with van der Waals surface area (Å²) in [6.45, 7) is -0.0188. The maximum Gasteiger partial charge on any atom is 0.212 e. The lowest BCUT2D eigenvalue weighted by atomic mass is 10.3. The van der Waals surface area contributed by atoms with Crippen LogP contribution >= 0.6 is 27.5 Å². The number of nitrogens with two attached hydrogens (primary N) is 1. The first-order valence-corrected chi connectivity index (χ1v) is 6.85. The Morgan fingerprint density at radius 2 is 2.13 bits per heavy atom. The lowest BCUT2D eigenvalue weighted by molar-refractivity contribution is 0.341. The normalized spacial score (nSPS) is 11.4. The van der Waals surface area contributed by atoms with Gasteiger partial charge in [-0.15, -0.1) is 0 Å². The molecule has 0 unspecified atom stereocenters. The van der Waals surface area contributed by atoms with Crippen LogP contribution in [0.15, 0.2) is 22.7 Å². The fourth-order valence-corrected chi connectivity index (χ4v) is 1.68. The topological polar surface area (TPSA) is 69.4 Å². The van der Waals surface area contributed by atoms with Crippen molar-refractivity contribution in [2.45, 2.75) is 0 Å². The van der Waals surface area contributed by atoms with Gasteiger partial charge in [-0.25, -0.2) is 13.6 Å². The van der Waals surface area contributed by atoms with Gasteiger partial charge in [-0.3, -0.25) is 0 Å². The summed E-state index contributed by atoms with van der Waals surface area (Å²) < 4.78 is 27.2. The summed E-state index contributed by atoms with van der Waals surface area (Å²) in [5.74, 6) is 0.185. The predicted octanol–water partition coefficient (Wildman–Crippen LogP) is 1.77. The van der Waals surface area contributed by atoms with E-state index in [1.54, 1.807) is 18.2 Å². The zero-order valence-corrected chi connectivity index (χ0v) is 10.8. The molecule has 7 heteroatoms. The summed E-state index contributed by atoms with van der Waals surface area (Å²) >= 11 is 9.07. The summed E-state index contributed by atoms with van der Waals surface area (Å²) in [5, 5.41) is 5.24. The minimum Gasteiger partial charge on any atom is -0.491 e. The molecule has 4 nitrogen and oxygen atoms in total. The van der Waals surface area contributed by atoms with Gasteiger partial charge in [-0.05, 0) is 18.2 Å². The minimum atomic E-state index is -3.50. The lowest BCUT2D eigenvalue weighted by Gasteiger charge is -2.07. The molecule has 0 saturated heterocycles. The van der Waals surface area contributed by atoms with Crippen LogP contribution in [0.1, 0.15) is 0 Å². The number of primary sulfonamides is 1. The largest absolute Gasteiger partial charge is 0.491 e. The highest BCUT2D eigenvalue weighted by Gasteiger charge is 2.05. The van der Waals surface area contributed by atoms with Gasteiger partial charge < -0.3 is 4.74 Å². The first kappa shape index (κ1) is 12.8. The molecule has 15 heavy (non-hydrogen) atoms. The Morgan fingerprint density at radius 3 is 2.73 bits per heavy atom. The van der Waals surface area contributed by atoms with Crippen LogP contribution in [-0.4, -0.2) is 20.8 Å². The third kappa shape index (κ3) is 4.83. The zero-order chi connectivity index (χ0) is 11.5. The van der Waals surface area contributed by atoms with Gasteiger partial charge in [0, 0.05) is 4.47 Å². The van der Waals surface area contributed by atoms with Gasteiger partial charge in [-0.1, -0.05) is 27.5 Å². The van der Waals surface area contributed by atoms with Gasteiger partial charge in [-0.2, -0.15) is 0 Å². The van der Waals surface area contributed by atoms with Crippen molar-refractivity contribution in [3.8, 4) is 5.75 Å². The molecule has 1 rings (SSSR count). The summed E-state index contributed by atoms with van der Waals surface area (Å²) in [7, 11) is -3.50. The van der Waals surface area contributed by atoms with Crippen LogP contribution in [0.4, 0.5) is 0 Å². The van der Waals surface area contributed by atoms with Gasteiger partial charge in [0.05, 0.1) is 10.8 Å². The van der Waals surface area contributed by atoms with Gasteiger partial charge in [0.15, 0.2) is 0 Å². The second-order valence-corrected chi connectivity index (χ2v) is 5.85. The average Bonchev–Trinajstić information content (AvgIpc) is 2.09.